The topological polar surface area (TPSA) is 75.8 Å². The Morgan fingerprint density at radius 2 is 0.697 bits per heavy atom. The number of rotatable bonds is 2. The third-order valence-corrected chi connectivity index (χ3v) is 13.0. The number of benzene rings is 7. The van der Waals surface area contributed by atoms with Crippen LogP contribution in [0.2, 0.25) is 0 Å². The molecule has 3 aromatic heterocycles. The smallest absolute Gasteiger partial charge is 0.128 e. The summed E-state index contributed by atoms with van der Waals surface area (Å²) >= 11 is 0. The van der Waals surface area contributed by atoms with Crippen molar-refractivity contribution >= 4 is 67.9 Å². The van der Waals surface area contributed by atoms with E-state index < -0.39 is 0 Å². The molecule has 0 saturated carbocycles. The molecule has 312 valence electrons. The maximum atomic E-state index is 6.81. The largest absolute Gasteiger partial charge is 0.488 e. The molecule has 2 N–H and O–H groups in total. The fourth-order valence-electron chi connectivity index (χ4n) is 9.91. The lowest BCUT2D eigenvalue weighted by Crippen LogP contribution is -2.00. The summed E-state index contributed by atoms with van der Waals surface area (Å²) in [6.45, 7) is 0.801. The van der Waals surface area contributed by atoms with Crippen molar-refractivity contribution in [2.75, 3.05) is 0 Å². The second-order valence-electron chi connectivity index (χ2n) is 16.9. The molecule has 0 spiro atoms. The van der Waals surface area contributed by atoms with E-state index in [-0.39, 0.29) is 0 Å². The molecule has 0 aliphatic carbocycles. The highest BCUT2D eigenvalue weighted by atomic mass is 16.5. The van der Waals surface area contributed by atoms with Gasteiger partial charge in [0, 0.05) is 55.1 Å². The second kappa shape index (κ2) is 15.5. The Labute approximate surface area is 380 Å². The molecule has 66 heavy (non-hydrogen) atoms. The summed E-state index contributed by atoms with van der Waals surface area (Å²) in [4.78, 5) is 19.0. The van der Waals surface area contributed by atoms with Crippen LogP contribution in [0.1, 0.15) is 33.9 Å². The van der Waals surface area contributed by atoms with Gasteiger partial charge in [0.2, 0.25) is 0 Å². The van der Waals surface area contributed by atoms with E-state index in [1.165, 1.54) is 0 Å². The van der Waals surface area contributed by atoms with Crippen LogP contribution in [0.3, 0.4) is 0 Å². The van der Waals surface area contributed by atoms with Crippen LogP contribution in [0.15, 0.2) is 182 Å². The van der Waals surface area contributed by atoms with Crippen LogP contribution in [-0.4, -0.2) is 19.9 Å². The maximum absolute atomic E-state index is 6.81. The quantitative estimate of drug-likeness (QED) is 0.182. The molecule has 10 aromatic rings. The summed E-state index contributed by atoms with van der Waals surface area (Å²) in [5, 5.41) is 4.18. The normalized spacial score (nSPS) is 12.8. The van der Waals surface area contributed by atoms with E-state index >= 15 is 0 Å². The van der Waals surface area contributed by atoms with E-state index in [2.05, 4.69) is 216 Å². The van der Waals surface area contributed by atoms with Crippen LogP contribution >= 0.6 is 0 Å². The minimum atomic E-state index is 0.401. The molecule has 0 radical (unpaired) electrons. The monoisotopic (exact) mass is 848 g/mol. The molecular formula is C60H40N4O2. The number of hydrogen-bond acceptors (Lipinski definition) is 4. The zero-order valence-corrected chi connectivity index (χ0v) is 35.8. The third-order valence-electron chi connectivity index (χ3n) is 13.0. The molecule has 6 aliphatic heterocycles. The molecule has 16 rings (SSSR count). The Morgan fingerprint density at radius 3 is 1.11 bits per heavy atom. The number of hydrogen-bond donors (Lipinski definition) is 2. The van der Waals surface area contributed by atoms with Gasteiger partial charge in [0.25, 0.3) is 0 Å². The molecule has 0 unspecified atom stereocenters. The fourth-order valence-corrected chi connectivity index (χ4v) is 9.91. The van der Waals surface area contributed by atoms with E-state index in [1.54, 1.807) is 0 Å². The zero-order valence-electron chi connectivity index (χ0n) is 35.8. The van der Waals surface area contributed by atoms with E-state index in [4.69, 9.17) is 19.4 Å². The van der Waals surface area contributed by atoms with Gasteiger partial charge in [-0.1, -0.05) is 146 Å². The lowest BCUT2D eigenvalue weighted by molar-refractivity contribution is 0.306. The Kier molecular flexibility index (Phi) is 8.88. The van der Waals surface area contributed by atoms with Crippen molar-refractivity contribution in [3.8, 4) is 56.0 Å². The Hall–Kier alpha value is -8.74. The maximum Gasteiger partial charge on any atom is 0.128 e. The molecule has 0 amide bonds. The molecule has 6 aliphatic rings. The van der Waals surface area contributed by atoms with Crippen molar-refractivity contribution in [3.63, 3.8) is 0 Å². The predicted molar refractivity (Wildman–Crippen MR) is 271 cm³/mol. The van der Waals surface area contributed by atoms with Gasteiger partial charge in [-0.2, -0.15) is 0 Å². The lowest BCUT2D eigenvalue weighted by Gasteiger charge is -2.15. The number of aromatic amines is 2. The second-order valence-corrected chi connectivity index (χ2v) is 16.9. The van der Waals surface area contributed by atoms with Gasteiger partial charge in [-0.3, -0.25) is 0 Å². The van der Waals surface area contributed by atoms with Gasteiger partial charge in [-0.25, -0.2) is 9.97 Å². The standard InChI is InChI=1S/C60H40N4O2/c1-3-11-41(12-4-1)57-45-27-31-49(61-45)59-43-19-7-15-39-17-9-21-53(55(39)43)65-35-37-23-25-38(26-24-37)36-66-54-22-10-18-40-16-8-20-44(56(40)54)60(50-32-28-46(57)62-50)52-34-30-48(64-52)58(42-13-5-2-6-14-42)47-29-33-51(59)63-47/h1-34,61,64H,35-36H2. The van der Waals surface area contributed by atoms with Crippen molar-refractivity contribution in [1.82, 2.24) is 19.9 Å². The molecule has 0 atom stereocenters. The Balaban J connectivity index is 1.24. The van der Waals surface area contributed by atoms with Crippen LogP contribution in [0.5, 0.6) is 11.5 Å². The highest BCUT2D eigenvalue weighted by Gasteiger charge is 2.22. The summed E-state index contributed by atoms with van der Waals surface area (Å²) in [6.07, 6.45) is 8.60. The van der Waals surface area contributed by atoms with Gasteiger partial charge in [0.15, 0.2) is 0 Å². The van der Waals surface area contributed by atoms with Crippen molar-refractivity contribution in [2.24, 2.45) is 0 Å². The number of ether oxygens (including phenoxy) is 2. The molecule has 0 saturated heterocycles. The average molecular weight is 849 g/mol. The van der Waals surface area contributed by atoms with Gasteiger partial charge >= 0.3 is 0 Å². The summed E-state index contributed by atoms with van der Waals surface area (Å²) < 4.78 is 13.6. The molecule has 6 nitrogen and oxygen atoms in total. The van der Waals surface area contributed by atoms with Crippen LogP contribution in [0.4, 0.5) is 0 Å². The van der Waals surface area contributed by atoms with Crippen molar-refractivity contribution in [1.29, 1.82) is 0 Å². The van der Waals surface area contributed by atoms with E-state index in [0.29, 0.717) is 13.2 Å². The summed E-state index contributed by atoms with van der Waals surface area (Å²) in [6, 6.07) is 63.8. The van der Waals surface area contributed by atoms with Gasteiger partial charge in [0.1, 0.15) is 24.7 Å². The van der Waals surface area contributed by atoms with Crippen LogP contribution in [-0.2, 0) is 13.2 Å². The first-order valence-electron chi connectivity index (χ1n) is 22.3. The molecule has 7 aromatic carbocycles. The minimum Gasteiger partial charge on any atom is -0.488 e. The van der Waals surface area contributed by atoms with Crippen molar-refractivity contribution in [2.45, 2.75) is 13.2 Å². The van der Waals surface area contributed by atoms with E-state index in [9.17, 15) is 0 Å². The number of aromatic nitrogens is 4. The van der Waals surface area contributed by atoms with Crippen molar-refractivity contribution in [3.05, 3.63) is 216 Å². The molecule has 12 bridgehead atoms. The first-order chi connectivity index (χ1) is 32.7. The zero-order chi connectivity index (χ0) is 43.6. The predicted octanol–water partition coefficient (Wildman–Crippen LogP) is 15.1. The van der Waals surface area contributed by atoms with E-state index in [0.717, 1.165) is 134 Å². The van der Waals surface area contributed by atoms with Gasteiger partial charge in [0.05, 0.1) is 22.8 Å². The number of H-pyrrole nitrogens is 2. The highest BCUT2D eigenvalue weighted by molar-refractivity contribution is 6.09. The lowest BCUT2D eigenvalue weighted by atomic mass is 9.96. The molecular weight excluding hydrogens is 809 g/mol. The first-order valence-corrected chi connectivity index (χ1v) is 22.3. The van der Waals surface area contributed by atoms with Gasteiger partial charge in [-0.15, -0.1) is 0 Å². The highest BCUT2D eigenvalue weighted by Crippen LogP contribution is 2.44. The Bertz CT molecular complexity index is 3550. The Morgan fingerprint density at radius 1 is 0.333 bits per heavy atom. The van der Waals surface area contributed by atoms with Crippen LogP contribution in [0.25, 0.3) is 112 Å². The summed E-state index contributed by atoms with van der Waals surface area (Å²) in [5.74, 6) is 1.60. The summed E-state index contributed by atoms with van der Waals surface area (Å²) in [7, 11) is 0. The summed E-state index contributed by atoms with van der Waals surface area (Å²) in [5.41, 5.74) is 17.3. The van der Waals surface area contributed by atoms with E-state index in [1.807, 2.05) is 0 Å². The third kappa shape index (κ3) is 6.41. The van der Waals surface area contributed by atoms with Crippen LogP contribution in [0, 0.1) is 0 Å². The fraction of sp³-hybridized carbons (Fsp3) is 0.0333. The van der Waals surface area contributed by atoms with Crippen LogP contribution < -0.4 is 9.47 Å². The molecule has 6 heteroatoms. The minimum absolute atomic E-state index is 0.401. The molecule has 9 heterocycles. The SMILES string of the molecule is C1=Cc2nc1c(-c1ccccc1)c1ccc([nH]1)c1c3nc(c(-c4ccccc4)c4ccc([nH]4)c2-c2cccc4cccc(c24)OCc2ccc(cc2)COc2cccc4cccc-1c24)C=C3. The van der Waals surface area contributed by atoms with Crippen molar-refractivity contribution < 1.29 is 9.47 Å². The van der Waals surface area contributed by atoms with Gasteiger partial charge in [-0.05, 0) is 105 Å². The number of nitrogens with one attached hydrogen (secondary N) is 2. The number of nitrogens with zero attached hydrogens (tertiary/aromatic N) is 2. The van der Waals surface area contributed by atoms with Gasteiger partial charge < -0.3 is 19.4 Å². The molecule has 0 fully saturated rings. The first kappa shape index (κ1) is 37.8. The average Bonchev–Trinajstić information content (AvgIpc) is 4.22.